The van der Waals surface area contributed by atoms with E-state index in [9.17, 15) is 9.59 Å². The van der Waals surface area contributed by atoms with E-state index in [2.05, 4.69) is 20.9 Å². The number of aromatic nitrogens is 2. The summed E-state index contributed by atoms with van der Waals surface area (Å²) in [7, 11) is 0. The maximum atomic E-state index is 12.1. The maximum absolute atomic E-state index is 12.1. The van der Waals surface area contributed by atoms with Gasteiger partial charge in [0.15, 0.2) is 0 Å². The third kappa shape index (κ3) is 4.08. The molecule has 0 unspecified atom stereocenters. The van der Waals surface area contributed by atoms with Crippen molar-refractivity contribution in [1.82, 2.24) is 9.38 Å². The predicted octanol–water partition coefficient (Wildman–Crippen LogP) is 3.13. The van der Waals surface area contributed by atoms with E-state index < -0.39 is 0 Å². The molecule has 24 heavy (non-hydrogen) atoms. The molecule has 5 nitrogen and oxygen atoms in total. The average molecular weight is 387 g/mol. The minimum absolute atomic E-state index is 0.00454. The summed E-state index contributed by atoms with van der Waals surface area (Å²) in [6, 6.07) is 14.7. The first kappa shape index (κ1) is 16.4. The van der Waals surface area contributed by atoms with E-state index in [0.717, 1.165) is 10.0 Å². The van der Waals surface area contributed by atoms with E-state index >= 15 is 0 Å². The Bertz CT molecular complexity index is 922. The van der Waals surface area contributed by atoms with Gasteiger partial charge in [-0.1, -0.05) is 30.3 Å². The highest BCUT2D eigenvalue weighted by Gasteiger charge is 2.07. The number of hydrogen-bond acceptors (Lipinski definition) is 4. The Morgan fingerprint density at radius 2 is 1.96 bits per heavy atom. The van der Waals surface area contributed by atoms with Crippen LogP contribution in [-0.2, 0) is 22.6 Å². The molecule has 3 aromatic rings. The van der Waals surface area contributed by atoms with Crippen molar-refractivity contribution in [2.45, 2.75) is 19.4 Å². The molecule has 0 N–H and O–H groups in total. The van der Waals surface area contributed by atoms with Crippen LogP contribution in [0.2, 0.25) is 0 Å². The molecule has 2 heterocycles. The summed E-state index contributed by atoms with van der Waals surface area (Å²) < 4.78 is 7.44. The smallest absolute Gasteiger partial charge is 0.306 e. The van der Waals surface area contributed by atoms with Crippen LogP contribution < -0.4 is 5.56 Å². The number of hydrogen-bond donors (Lipinski definition) is 0. The van der Waals surface area contributed by atoms with Gasteiger partial charge in [0.2, 0.25) is 0 Å². The molecule has 0 saturated heterocycles. The topological polar surface area (TPSA) is 60.7 Å². The number of halogens is 1. The minimum atomic E-state index is -0.309. The van der Waals surface area contributed by atoms with Gasteiger partial charge >= 0.3 is 5.97 Å². The standard InChI is InChI=1S/C18H15BrN2O3/c19-14-7-8-16-20-15(10-17(22)21(16)11-14)12-24-18(23)9-6-13-4-2-1-3-5-13/h1-5,7-8,10-11H,6,9,12H2. The fourth-order valence-electron chi connectivity index (χ4n) is 2.32. The molecule has 122 valence electrons. The number of benzene rings is 1. The molecule has 0 aliphatic rings. The van der Waals surface area contributed by atoms with Crippen molar-refractivity contribution < 1.29 is 9.53 Å². The van der Waals surface area contributed by atoms with Gasteiger partial charge in [-0.3, -0.25) is 14.0 Å². The van der Waals surface area contributed by atoms with Gasteiger partial charge in [-0.05, 0) is 40.0 Å². The molecule has 0 atom stereocenters. The van der Waals surface area contributed by atoms with Crippen LogP contribution in [0.3, 0.4) is 0 Å². The highest BCUT2D eigenvalue weighted by molar-refractivity contribution is 9.10. The van der Waals surface area contributed by atoms with Gasteiger partial charge in [0.1, 0.15) is 12.3 Å². The van der Waals surface area contributed by atoms with Crippen molar-refractivity contribution in [3.8, 4) is 0 Å². The molecule has 3 rings (SSSR count). The number of nitrogens with zero attached hydrogens (tertiary/aromatic N) is 2. The SMILES string of the molecule is O=C(CCc1ccccc1)OCc1cc(=O)n2cc(Br)ccc2n1. The Labute approximate surface area is 147 Å². The Kier molecular flexibility index (Phi) is 5.05. The lowest BCUT2D eigenvalue weighted by atomic mass is 10.1. The molecule has 0 radical (unpaired) electrons. The van der Waals surface area contributed by atoms with Crippen molar-refractivity contribution >= 4 is 27.5 Å². The highest BCUT2D eigenvalue weighted by Crippen LogP contribution is 2.10. The molecular formula is C18H15BrN2O3. The fraction of sp³-hybridized carbons (Fsp3) is 0.167. The van der Waals surface area contributed by atoms with Gasteiger partial charge < -0.3 is 4.74 Å². The Morgan fingerprint density at radius 1 is 1.17 bits per heavy atom. The maximum Gasteiger partial charge on any atom is 0.306 e. The van der Waals surface area contributed by atoms with E-state index in [4.69, 9.17) is 4.74 Å². The lowest BCUT2D eigenvalue weighted by Gasteiger charge is -2.06. The molecule has 0 saturated carbocycles. The zero-order valence-corrected chi connectivity index (χ0v) is 14.4. The van der Waals surface area contributed by atoms with Crippen molar-refractivity contribution in [2.24, 2.45) is 0 Å². The zero-order valence-electron chi connectivity index (χ0n) is 12.8. The second-order valence-electron chi connectivity index (χ2n) is 5.31. The third-order valence-electron chi connectivity index (χ3n) is 3.52. The highest BCUT2D eigenvalue weighted by atomic mass is 79.9. The van der Waals surface area contributed by atoms with Crippen LogP contribution in [-0.4, -0.2) is 15.4 Å². The normalized spacial score (nSPS) is 10.7. The van der Waals surface area contributed by atoms with Crippen LogP contribution in [0.5, 0.6) is 0 Å². The molecule has 0 bridgehead atoms. The minimum Gasteiger partial charge on any atom is -0.459 e. The molecule has 2 aromatic heterocycles. The molecule has 0 aliphatic carbocycles. The van der Waals surface area contributed by atoms with E-state index in [0.29, 0.717) is 24.2 Å². The van der Waals surface area contributed by atoms with Crippen molar-refractivity contribution in [2.75, 3.05) is 0 Å². The summed E-state index contributed by atoms with van der Waals surface area (Å²) >= 11 is 3.31. The van der Waals surface area contributed by atoms with Crippen molar-refractivity contribution in [1.29, 1.82) is 0 Å². The summed E-state index contributed by atoms with van der Waals surface area (Å²) in [6.45, 7) is -0.00454. The van der Waals surface area contributed by atoms with Gasteiger partial charge in [0.05, 0.1) is 5.69 Å². The number of carbonyl (C=O) groups is 1. The first-order valence-electron chi connectivity index (χ1n) is 7.49. The zero-order chi connectivity index (χ0) is 16.9. The molecular weight excluding hydrogens is 372 g/mol. The molecule has 1 aromatic carbocycles. The average Bonchev–Trinajstić information content (AvgIpc) is 2.60. The van der Waals surface area contributed by atoms with Crippen LogP contribution in [0.15, 0.2) is 64.0 Å². The van der Waals surface area contributed by atoms with Crippen LogP contribution in [0.25, 0.3) is 5.65 Å². The summed E-state index contributed by atoms with van der Waals surface area (Å²) in [4.78, 5) is 28.2. The second-order valence-corrected chi connectivity index (χ2v) is 6.22. The Morgan fingerprint density at radius 3 is 2.75 bits per heavy atom. The lowest BCUT2D eigenvalue weighted by molar-refractivity contribution is -0.145. The van der Waals surface area contributed by atoms with Crippen LogP contribution in [0.4, 0.5) is 0 Å². The monoisotopic (exact) mass is 386 g/mol. The fourth-order valence-corrected chi connectivity index (χ4v) is 2.65. The van der Waals surface area contributed by atoms with Gasteiger partial charge in [-0.15, -0.1) is 0 Å². The number of esters is 1. The molecule has 0 fully saturated rings. The third-order valence-corrected chi connectivity index (χ3v) is 3.99. The number of fused-ring (bicyclic) bond motifs is 1. The van der Waals surface area contributed by atoms with Gasteiger partial charge in [0, 0.05) is 23.2 Å². The van der Waals surface area contributed by atoms with Gasteiger partial charge in [-0.2, -0.15) is 0 Å². The summed E-state index contributed by atoms with van der Waals surface area (Å²) in [5.41, 5.74) is 1.83. The largest absolute Gasteiger partial charge is 0.459 e. The van der Waals surface area contributed by atoms with E-state index in [1.54, 1.807) is 18.3 Å². The van der Waals surface area contributed by atoms with Gasteiger partial charge in [0.25, 0.3) is 5.56 Å². The lowest BCUT2D eigenvalue weighted by Crippen LogP contribution is -2.16. The van der Waals surface area contributed by atoms with Gasteiger partial charge in [-0.25, -0.2) is 4.98 Å². The van der Waals surface area contributed by atoms with Crippen LogP contribution >= 0.6 is 15.9 Å². The molecule has 0 amide bonds. The first-order chi connectivity index (χ1) is 11.6. The molecule has 6 heteroatoms. The number of rotatable bonds is 5. The van der Waals surface area contributed by atoms with Crippen LogP contribution in [0, 0.1) is 0 Å². The van der Waals surface area contributed by atoms with Crippen molar-refractivity contribution in [3.63, 3.8) is 0 Å². The molecule has 0 aliphatic heterocycles. The predicted molar refractivity (Wildman–Crippen MR) is 93.7 cm³/mol. The number of aryl methyl sites for hydroxylation is 1. The van der Waals surface area contributed by atoms with Crippen molar-refractivity contribution in [3.05, 3.63) is 80.8 Å². The summed E-state index contributed by atoms with van der Waals surface area (Å²) in [6.07, 6.45) is 2.57. The summed E-state index contributed by atoms with van der Waals surface area (Å²) in [5.74, 6) is -0.309. The quantitative estimate of drug-likeness (QED) is 0.632. The summed E-state index contributed by atoms with van der Waals surface area (Å²) in [5, 5.41) is 0. The Balaban J connectivity index is 1.62. The first-order valence-corrected chi connectivity index (χ1v) is 8.28. The number of ether oxygens (including phenoxy) is 1. The van der Waals surface area contributed by atoms with E-state index in [1.807, 2.05) is 30.3 Å². The van der Waals surface area contributed by atoms with Crippen LogP contribution in [0.1, 0.15) is 17.7 Å². The second kappa shape index (κ2) is 7.40. The van der Waals surface area contributed by atoms with E-state index in [1.165, 1.54) is 10.5 Å². The number of carbonyl (C=O) groups excluding carboxylic acids is 1. The molecule has 0 spiro atoms. The van der Waals surface area contributed by atoms with E-state index in [-0.39, 0.29) is 18.1 Å². The Hall–Kier alpha value is -2.47. The number of pyridine rings is 1.